The van der Waals surface area contributed by atoms with E-state index in [1.165, 1.54) is 0 Å². The third-order valence-electron chi connectivity index (χ3n) is 2.08. The molecule has 0 spiro atoms. The van der Waals surface area contributed by atoms with Gasteiger partial charge < -0.3 is 4.74 Å². The number of alkyl halides is 7. The predicted molar refractivity (Wildman–Crippen MR) is 51.1 cm³/mol. The lowest BCUT2D eigenvalue weighted by molar-refractivity contribution is -0.383. The van der Waals surface area contributed by atoms with E-state index in [0.29, 0.717) is 0 Å². The molecular weight excluding hydrogens is 309 g/mol. The van der Waals surface area contributed by atoms with Crippen molar-refractivity contribution in [2.24, 2.45) is 0 Å². The Labute approximate surface area is 108 Å². The summed E-state index contributed by atoms with van der Waals surface area (Å²) in [4.78, 5) is 10.9. The van der Waals surface area contributed by atoms with Crippen molar-refractivity contribution in [1.29, 1.82) is 0 Å². The Morgan fingerprint density at radius 1 is 1.00 bits per heavy atom. The summed E-state index contributed by atoms with van der Waals surface area (Å²) in [7, 11) is 0. The Morgan fingerprint density at radius 3 is 1.63 bits per heavy atom. The van der Waals surface area contributed by atoms with Gasteiger partial charge in [-0.3, -0.25) is 0 Å². The van der Waals surface area contributed by atoms with Crippen molar-refractivity contribution in [1.82, 2.24) is 0 Å². The molecule has 0 aliphatic carbocycles. The summed E-state index contributed by atoms with van der Waals surface area (Å²) in [5.41, 5.74) is -3.46. The second kappa shape index (κ2) is 4.84. The van der Waals surface area contributed by atoms with Gasteiger partial charge in [0.2, 0.25) is 0 Å². The number of esters is 1. The molecule has 112 valence electrons. The Hall–Kier alpha value is -0.990. The van der Waals surface area contributed by atoms with Crippen LogP contribution in [0.5, 0.6) is 0 Å². The molecule has 0 aromatic carbocycles. The van der Waals surface area contributed by atoms with Crippen molar-refractivity contribution >= 4 is 17.6 Å². The van der Waals surface area contributed by atoms with Crippen LogP contribution in [0.1, 0.15) is 13.8 Å². The average molecular weight is 317 g/mol. The molecule has 0 fully saturated rings. The average Bonchev–Trinajstić information content (AvgIpc) is 2.14. The molecule has 0 aliphatic heterocycles. The van der Waals surface area contributed by atoms with Crippen LogP contribution < -0.4 is 0 Å². The van der Waals surface area contributed by atoms with Crippen LogP contribution in [-0.4, -0.2) is 29.6 Å². The molecule has 0 aromatic rings. The number of halogens is 8. The number of carbonyl (C=O) groups is 1. The van der Waals surface area contributed by atoms with Gasteiger partial charge in [0.15, 0.2) is 5.60 Å². The summed E-state index contributed by atoms with van der Waals surface area (Å²) < 4.78 is 91.7. The van der Waals surface area contributed by atoms with Crippen LogP contribution >= 0.6 is 11.6 Å². The summed E-state index contributed by atoms with van der Waals surface area (Å²) in [5, 5.41) is -0.945. The third kappa shape index (κ3) is 3.13. The van der Waals surface area contributed by atoms with Crippen LogP contribution in [0.15, 0.2) is 11.6 Å². The normalized spacial score (nSPS) is 14.2. The van der Waals surface area contributed by atoms with Gasteiger partial charge in [0.05, 0.1) is 0 Å². The molecule has 0 bridgehead atoms. The largest absolute Gasteiger partial charge is 0.460 e. The molecule has 0 saturated heterocycles. The highest BCUT2D eigenvalue weighted by Gasteiger charge is 2.78. The van der Waals surface area contributed by atoms with E-state index in [9.17, 15) is 35.5 Å². The van der Waals surface area contributed by atoms with Crippen LogP contribution in [0, 0.1) is 0 Å². The van der Waals surface area contributed by atoms with Gasteiger partial charge in [-0.2, -0.15) is 30.7 Å². The fraction of sp³-hybridized carbons (Fsp3) is 0.667. The van der Waals surface area contributed by atoms with E-state index in [2.05, 4.69) is 11.3 Å². The number of hydrogen-bond donors (Lipinski definition) is 0. The van der Waals surface area contributed by atoms with Crippen molar-refractivity contribution in [3.8, 4) is 0 Å². The topological polar surface area (TPSA) is 26.3 Å². The molecule has 0 aliphatic rings. The van der Waals surface area contributed by atoms with E-state index in [1.54, 1.807) is 0 Å². The Kier molecular flexibility index (Phi) is 4.59. The number of hydrogen-bond acceptors (Lipinski definition) is 2. The molecular formula is C9H8ClF7O2. The van der Waals surface area contributed by atoms with E-state index in [-0.39, 0.29) is 13.8 Å². The third-order valence-corrected chi connectivity index (χ3v) is 2.23. The first-order valence-electron chi connectivity index (χ1n) is 4.48. The SMILES string of the molecule is C=C(Cl)C(=O)OC(C)(C)C(F)(F)C(F)(F)C(F)(F)F. The molecule has 0 aromatic heterocycles. The first-order valence-corrected chi connectivity index (χ1v) is 4.86. The molecule has 19 heavy (non-hydrogen) atoms. The summed E-state index contributed by atoms with van der Waals surface area (Å²) in [5.74, 6) is -13.8. The fourth-order valence-electron chi connectivity index (χ4n) is 0.907. The molecule has 0 atom stereocenters. The van der Waals surface area contributed by atoms with E-state index >= 15 is 0 Å². The summed E-state index contributed by atoms with van der Waals surface area (Å²) in [6.07, 6.45) is -6.52. The van der Waals surface area contributed by atoms with Crippen LogP contribution in [0.3, 0.4) is 0 Å². The second-order valence-electron chi connectivity index (χ2n) is 3.95. The highest BCUT2D eigenvalue weighted by Crippen LogP contribution is 2.52. The molecule has 0 amide bonds. The predicted octanol–water partition coefficient (Wildman–Crippen LogP) is 3.89. The lowest BCUT2D eigenvalue weighted by Crippen LogP contribution is -2.63. The van der Waals surface area contributed by atoms with Gasteiger partial charge >= 0.3 is 24.0 Å². The van der Waals surface area contributed by atoms with Crippen molar-refractivity contribution in [2.45, 2.75) is 37.5 Å². The molecule has 0 saturated carbocycles. The molecule has 2 nitrogen and oxygen atoms in total. The zero-order chi connectivity index (χ0) is 15.9. The zero-order valence-corrected chi connectivity index (χ0v) is 10.3. The maximum absolute atomic E-state index is 13.3. The van der Waals surface area contributed by atoms with Gasteiger partial charge in [0.1, 0.15) is 5.03 Å². The number of rotatable bonds is 4. The van der Waals surface area contributed by atoms with Crippen molar-refractivity contribution in [3.63, 3.8) is 0 Å². The molecule has 0 rings (SSSR count). The first-order chi connectivity index (χ1) is 8.08. The van der Waals surface area contributed by atoms with Crippen LogP contribution in [-0.2, 0) is 9.53 Å². The maximum atomic E-state index is 13.3. The van der Waals surface area contributed by atoms with Crippen LogP contribution in [0.4, 0.5) is 30.7 Å². The van der Waals surface area contributed by atoms with Crippen molar-refractivity contribution in [2.75, 3.05) is 0 Å². The quantitative estimate of drug-likeness (QED) is 0.447. The molecule has 0 radical (unpaired) electrons. The lowest BCUT2D eigenvalue weighted by Gasteiger charge is -2.38. The van der Waals surface area contributed by atoms with E-state index in [0.717, 1.165) is 0 Å². The first kappa shape index (κ1) is 18.0. The Morgan fingerprint density at radius 2 is 1.37 bits per heavy atom. The van der Waals surface area contributed by atoms with Gasteiger partial charge in [0.25, 0.3) is 0 Å². The van der Waals surface area contributed by atoms with Gasteiger partial charge in [-0.25, -0.2) is 4.79 Å². The smallest absolute Gasteiger partial charge is 0.449 e. The number of ether oxygens (including phenoxy) is 1. The minimum Gasteiger partial charge on any atom is -0.449 e. The molecule has 10 heteroatoms. The summed E-state index contributed by atoms with van der Waals surface area (Å²) in [6.45, 7) is 3.17. The van der Waals surface area contributed by atoms with Crippen molar-refractivity contribution < 1.29 is 40.3 Å². The van der Waals surface area contributed by atoms with Crippen LogP contribution in [0.2, 0.25) is 0 Å². The number of carbonyl (C=O) groups excluding carboxylic acids is 1. The van der Waals surface area contributed by atoms with Gasteiger partial charge in [-0.1, -0.05) is 18.2 Å². The Balaban J connectivity index is 5.52. The van der Waals surface area contributed by atoms with E-state index < -0.39 is 34.6 Å². The van der Waals surface area contributed by atoms with E-state index in [4.69, 9.17) is 11.6 Å². The molecule has 0 heterocycles. The van der Waals surface area contributed by atoms with Gasteiger partial charge in [0, 0.05) is 0 Å². The minimum atomic E-state index is -6.52. The van der Waals surface area contributed by atoms with E-state index in [1.807, 2.05) is 0 Å². The molecule has 0 N–H and O–H groups in total. The van der Waals surface area contributed by atoms with Crippen LogP contribution in [0.25, 0.3) is 0 Å². The lowest BCUT2D eigenvalue weighted by atomic mass is 9.94. The van der Waals surface area contributed by atoms with Crippen molar-refractivity contribution in [3.05, 3.63) is 11.6 Å². The minimum absolute atomic E-state index is 0.199. The highest BCUT2D eigenvalue weighted by atomic mass is 35.5. The standard InChI is InChI=1S/C9H8ClF7O2/c1-4(10)5(18)19-6(2,3)7(11,12)8(13,14)9(15,16)17/h1H2,2-3H3. The molecule has 0 unspecified atom stereocenters. The highest BCUT2D eigenvalue weighted by molar-refractivity contribution is 6.40. The Bertz CT molecular complexity index is 387. The summed E-state index contributed by atoms with van der Waals surface area (Å²) in [6, 6.07) is 0. The maximum Gasteiger partial charge on any atom is 0.460 e. The van der Waals surface area contributed by atoms with Gasteiger partial charge in [-0.15, -0.1) is 0 Å². The summed E-state index contributed by atoms with van der Waals surface area (Å²) >= 11 is 4.96. The van der Waals surface area contributed by atoms with Gasteiger partial charge in [-0.05, 0) is 13.8 Å². The fourth-order valence-corrected chi connectivity index (χ4v) is 0.946. The second-order valence-corrected chi connectivity index (χ2v) is 4.41. The zero-order valence-electron chi connectivity index (χ0n) is 9.55. The monoisotopic (exact) mass is 316 g/mol.